The summed E-state index contributed by atoms with van der Waals surface area (Å²) in [5, 5.41) is 10.2. The lowest BCUT2D eigenvalue weighted by atomic mass is 9.99. The molecule has 154 valence electrons. The maximum Gasteiger partial charge on any atom is 0.186 e. The summed E-state index contributed by atoms with van der Waals surface area (Å²) in [6, 6.07) is 5.65. The Morgan fingerprint density at radius 3 is 2.07 bits per heavy atom. The minimum absolute atomic E-state index is 0.252. The van der Waals surface area contributed by atoms with Gasteiger partial charge in [0.05, 0.1) is 5.56 Å². The molecular weight excluding hydrogens is 336 g/mol. The summed E-state index contributed by atoms with van der Waals surface area (Å²) in [4.78, 5) is 0. The molecule has 0 saturated carbocycles. The molecule has 0 aromatic heterocycles. The van der Waals surface area contributed by atoms with Crippen LogP contribution in [-0.4, -0.2) is 19.3 Å². The van der Waals surface area contributed by atoms with E-state index in [0.717, 1.165) is 24.0 Å². The quantitative estimate of drug-likeness (QED) is 0.190. The maximum atomic E-state index is 10.2. The standard InChI is InChI=1S/C24H40O3/c1-4-5-6-7-8-9-10-11-12-13-14-15-16-18-21-19-17-20-22(25)23(21)24(26-2)27-3/h9-10,17,19-20,24-25H,4-8,11-16,18H2,1-3H3/b10-9-. The van der Waals surface area contributed by atoms with E-state index in [1.165, 1.54) is 64.2 Å². The van der Waals surface area contributed by atoms with E-state index < -0.39 is 6.29 Å². The number of aryl methyl sites for hydroxylation is 1. The monoisotopic (exact) mass is 376 g/mol. The predicted octanol–water partition coefficient (Wildman–Crippen LogP) is 7.09. The molecule has 0 atom stereocenters. The summed E-state index contributed by atoms with van der Waals surface area (Å²) in [5.74, 6) is 0.252. The van der Waals surface area contributed by atoms with Crippen LogP contribution in [0.1, 0.15) is 95.0 Å². The smallest absolute Gasteiger partial charge is 0.186 e. The van der Waals surface area contributed by atoms with Crippen LogP contribution in [0.15, 0.2) is 30.4 Å². The first-order valence-electron chi connectivity index (χ1n) is 10.8. The highest BCUT2D eigenvalue weighted by molar-refractivity contribution is 5.40. The molecule has 0 aliphatic carbocycles. The van der Waals surface area contributed by atoms with Gasteiger partial charge < -0.3 is 14.6 Å². The molecule has 27 heavy (non-hydrogen) atoms. The number of rotatable bonds is 16. The maximum absolute atomic E-state index is 10.2. The molecule has 0 fully saturated rings. The van der Waals surface area contributed by atoms with Crippen LogP contribution in [-0.2, 0) is 15.9 Å². The third-order valence-corrected chi connectivity index (χ3v) is 5.05. The van der Waals surface area contributed by atoms with Gasteiger partial charge >= 0.3 is 0 Å². The molecule has 0 amide bonds. The van der Waals surface area contributed by atoms with Gasteiger partial charge in [0.1, 0.15) is 5.75 Å². The predicted molar refractivity (Wildman–Crippen MR) is 114 cm³/mol. The van der Waals surface area contributed by atoms with Crippen molar-refractivity contribution in [3.63, 3.8) is 0 Å². The second kappa shape index (κ2) is 15.7. The second-order valence-corrected chi connectivity index (χ2v) is 7.28. The van der Waals surface area contributed by atoms with E-state index in [2.05, 4.69) is 25.1 Å². The van der Waals surface area contributed by atoms with Crippen LogP contribution >= 0.6 is 0 Å². The van der Waals surface area contributed by atoms with E-state index in [0.29, 0.717) is 0 Å². The fourth-order valence-corrected chi connectivity index (χ4v) is 3.45. The van der Waals surface area contributed by atoms with Crippen molar-refractivity contribution in [2.24, 2.45) is 0 Å². The number of hydrogen-bond acceptors (Lipinski definition) is 3. The van der Waals surface area contributed by atoms with Crippen molar-refractivity contribution < 1.29 is 14.6 Å². The molecule has 1 N–H and O–H groups in total. The van der Waals surface area contributed by atoms with Crippen LogP contribution in [0, 0.1) is 0 Å². The lowest BCUT2D eigenvalue weighted by Gasteiger charge is -2.19. The van der Waals surface area contributed by atoms with Gasteiger partial charge in [-0.1, -0.05) is 69.7 Å². The van der Waals surface area contributed by atoms with Gasteiger partial charge in [0.15, 0.2) is 6.29 Å². The first-order valence-corrected chi connectivity index (χ1v) is 10.8. The molecule has 0 aliphatic heterocycles. The number of hydrogen-bond donors (Lipinski definition) is 1. The molecule has 1 aromatic rings. The first kappa shape index (κ1) is 23.7. The number of unbranched alkanes of at least 4 members (excludes halogenated alkanes) is 9. The Morgan fingerprint density at radius 2 is 1.44 bits per heavy atom. The average Bonchev–Trinajstić information content (AvgIpc) is 2.68. The molecule has 0 radical (unpaired) electrons. The van der Waals surface area contributed by atoms with E-state index in [4.69, 9.17) is 9.47 Å². The van der Waals surface area contributed by atoms with Crippen molar-refractivity contribution in [3.05, 3.63) is 41.5 Å². The molecule has 1 rings (SSSR count). The van der Waals surface area contributed by atoms with Crippen molar-refractivity contribution in [3.8, 4) is 5.75 Å². The zero-order valence-corrected chi connectivity index (χ0v) is 17.7. The molecule has 0 bridgehead atoms. The minimum Gasteiger partial charge on any atom is -0.507 e. The highest BCUT2D eigenvalue weighted by Crippen LogP contribution is 2.31. The summed E-state index contributed by atoms with van der Waals surface area (Å²) in [7, 11) is 3.20. The van der Waals surface area contributed by atoms with E-state index in [-0.39, 0.29) is 5.75 Å². The summed E-state index contributed by atoms with van der Waals surface area (Å²) in [6.45, 7) is 2.26. The van der Waals surface area contributed by atoms with E-state index >= 15 is 0 Å². The number of phenols is 1. The average molecular weight is 377 g/mol. The molecule has 0 spiro atoms. The number of methoxy groups -OCH3 is 2. The molecule has 0 unspecified atom stereocenters. The lowest BCUT2D eigenvalue weighted by Crippen LogP contribution is -2.07. The van der Waals surface area contributed by atoms with Crippen molar-refractivity contribution in [1.29, 1.82) is 0 Å². The molecule has 0 heterocycles. The summed E-state index contributed by atoms with van der Waals surface area (Å²) in [5.41, 5.74) is 1.89. The zero-order chi connectivity index (χ0) is 19.7. The number of aromatic hydroxyl groups is 1. The minimum atomic E-state index is -0.505. The zero-order valence-electron chi connectivity index (χ0n) is 17.7. The fourth-order valence-electron chi connectivity index (χ4n) is 3.45. The van der Waals surface area contributed by atoms with E-state index in [1.807, 2.05) is 6.07 Å². The Morgan fingerprint density at radius 1 is 0.852 bits per heavy atom. The Kier molecular flexibility index (Phi) is 13.8. The van der Waals surface area contributed by atoms with E-state index in [1.54, 1.807) is 20.3 Å². The van der Waals surface area contributed by atoms with Crippen LogP contribution in [0.3, 0.4) is 0 Å². The molecule has 3 heteroatoms. The summed E-state index contributed by atoms with van der Waals surface area (Å²) in [6.07, 6.45) is 19.2. The Labute approximate surface area is 166 Å². The summed E-state index contributed by atoms with van der Waals surface area (Å²) < 4.78 is 10.7. The molecular formula is C24H40O3. The van der Waals surface area contributed by atoms with Gasteiger partial charge in [0, 0.05) is 14.2 Å². The normalized spacial score (nSPS) is 11.7. The number of ether oxygens (including phenoxy) is 2. The third kappa shape index (κ3) is 9.97. The van der Waals surface area contributed by atoms with Gasteiger partial charge in [-0.25, -0.2) is 0 Å². The fraction of sp³-hybridized carbons (Fsp3) is 0.667. The number of benzene rings is 1. The second-order valence-electron chi connectivity index (χ2n) is 7.28. The van der Waals surface area contributed by atoms with Crippen LogP contribution < -0.4 is 0 Å². The largest absolute Gasteiger partial charge is 0.507 e. The lowest BCUT2D eigenvalue weighted by molar-refractivity contribution is -0.107. The van der Waals surface area contributed by atoms with Crippen LogP contribution in [0.2, 0.25) is 0 Å². The third-order valence-electron chi connectivity index (χ3n) is 5.05. The van der Waals surface area contributed by atoms with Gasteiger partial charge in [-0.2, -0.15) is 0 Å². The molecule has 1 aromatic carbocycles. The van der Waals surface area contributed by atoms with Crippen molar-refractivity contribution in [2.45, 2.75) is 90.3 Å². The van der Waals surface area contributed by atoms with Crippen LogP contribution in [0.4, 0.5) is 0 Å². The molecule has 0 saturated heterocycles. The SMILES string of the molecule is CCCCCC/C=C\CCCCCCCc1cccc(O)c1C(OC)OC. The van der Waals surface area contributed by atoms with Crippen molar-refractivity contribution >= 4 is 0 Å². The first-order chi connectivity index (χ1) is 13.2. The highest BCUT2D eigenvalue weighted by Gasteiger charge is 2.17. The Hall–Kier alpha value is -1.32. The van der Waals surface area contributed by atoms with Gasteiger partial charge in [0.2, 0.25) is 0 Å². The van der Waals surface area contributed by atoms with Crippen molar-refractivity contribution in [1.82, 2.24) is 0 Å². The number of allylic oxidation sites excluding steroid dienone is 2. The Bertz CT molecular complexity index is 506. The number of phenolic OH excluding ortho intramolecular Hbond substituents is 1. The molecule has 0 aliphatic rings. The van der Waals surface area contributed by atoms with Crippen LogP contribution in [0.5, 0.6) is 5.75 Å². The van der Waals surface area contributed by atoms with Crippen LogP contribution in [0.25, 0.3) is 0 Å². The van der Waals surface area contributed by atoms with Gasteiger partial charge in [-0.3, -0.25) is 0 Å². The topological polar surface area (TPSA) is 38.7 Å². The molecule has 3 nitrogen and oxygen atoms in total. The van der Waals surface area contributed by atoms with Gasteiger partial charge in [0.25, 0.3) is 0 Å². The van der Waals surface area contributed by atoms with E-state index in [9.17, 15) is 5.11 Å². The summed E-state index contributed by atoms with van der Waals surface area (Å²) >= 11 is 0. The van der Waals surface area contributed by atoms with Crippen molar-refractivity contribution in [2.75, 3.05) is 14.2 Å². The highest BCUT2D eigenvalue weighted by atomic mass is 16.7. The van der Waals surface area contributed by atoms with Gasteiger partial charge in [-0.05, 0) is 50.2 Å². The van der Waals surface area contributed by atoms with Gasteiger partial charge in [-0.15, -0.1) is 0 Å². The Balaban J connectivity index is 2.17.